The smallest absolute Gasteiger partial charge is 0.297 e. The van der Waals surface area contributed by atoms with Gasteiger partial charge in [-0.15, -0.1) is 0 Å². The monoisotopic (exact) mass is 293 g/mol. The Kier molecular flexibility index (Phi) is 6.72. The Bertz CT molecular complexity index is 311. The van der Waals surface area contributed by atoms with Crippen LogP contribution in [0, 0.1) is 5.41 Å². The Balaban J connectivity index is 4.80. The van der Waals surface area contributed by atoms with Crippen molar-refractivity contribution in [2.24, 2.45) is 5.41 Å². The van der Waals surface area contributed by atoms with Crippen LogP contribution in [-0.4, -0.2) is 26.7 Å². The summed E-state index contributed by atoms with van der Waals surface area (Å²) in [6, 6.07) is 0. The van der Waals surface area contributed by atoms with Crippen LogP contribution in [0.4, 0.5) is 4.79 Å². The molecule has 1 amide bonds. The maximum absolute atomic E-state index is 12.3. The largest absolute Gasteiger partial charge is 0.326 e. The molecule has 0 aromatic heterocycles. The van der Waals surface area contributed by atoms with Crippen molar-refractivity contribution in [3.05, 3.63) is 0 Å². The lowest BCUT2D eigenvalue weighted by Crippen LogP contribution is -2.41. The van der Waals surface area contributed by atoms with E-state index in [-0.39, 0.29) is 5.78 Å². The van der Waals surface area contributed by atoms with Crippen LogP contribution in [-0.2, 0) is 4.79 Å². The molecule has 0 saturated carbocycles. The van der Waals surface area contributed by atoms with Crippen LogP contribution in [0.15, 0.2) is 0 Å². The highest BCUT2D eigenvalue weighted by Gasteiger charge is 2.39. The van der Waals surface area contributed by atoms with Gasteiger partial charge in [0, 0.05) is 12.0 Å². The lowest BCUT2D eigenvalue weighted by atomic mass is 9.84. The van der Waals surface area contributed by atoms with Crippen molar-refractivity contribution in [1.82, 2.24) is 4.31 Å². The van der Waals surface area contributed by atoms with E-state index < -0.39 is 15.5 Å². The average molecular weight is 294 g/mol. The molecular weight excluding hydrogens is 270 g/mol. The summed E-state index contributed by atoms with van der Waals surface area (Å²) in [7, 11) is 0. The first-order chi connectivity index (χ1) is 8.02. The Morgan fingerprint density at radius 3 is 2.00 bits per heavy atom. The summed E-state index contributed by atoms with van der Waals surface area (Å²) < 4.78 is 0.825. The average Bonchev–Trinajstić information content (AvgIpc) is 2.21. The van der Waals surface area contributed by atoms with E-state index in [1.165, 1.54) is 16.3 Å². The summed E-state index contributed by atoms with van der Waals surface area (Å²) in [5, 5.41) is -0.511. The third kappa shape index (κ3) is 5.61. The molecule has 0 aromatic rings. The molecular formula is C13H24ClNO2S. The Morgan fingerprint density at radius 1 is 1.17 bits per heavy atom. The van der Waals surface area contributed by atoms with Crippen LogP contribution >= 0.6 is 23.5 Å². The van der Waals surface area contributed by atoms with E-state index in [0.717, 1.165) is 12.8 Å². The Labute approximate surface area is 120 Å². The highest BCUT2D eigenvalue weighted by Crippen LogP contribution is 2.36. The van der Waals surface area contributed by atoms with Gasteiger partial charge < -0.3 is 0 Å². The fraction of sp³-hybridized carbons (Fsp3) is 0.846. The summed E-state index contributed by atoms with van der Waals surface area (Å²) in [5.74, 6) is 0.111. The standard InChI is InChI=1S/C13H24ClNO2S/c1-7-8-9-15(11(14)17)18-13(5,6)10(16)12(2,3)4/h7-9H2,1-6H3. The molecule has 0 aliphatic rings. The van der Waals surface area contributed by atoms with Crippen molar-refractivity contribution in [1.29, 1.82) is 0 Å². The van der Waals surface area contributed by atoms with Crippen LogP contribution in [0.3, 0.4) is 0 Å². The minimum atomic E-state index is -0.656. The third-order valence-electron chi connectivity index (χ3n) is 2.48. The molecule has 0 unspecified atom stereocenters. The molecule has 0 bridgehead atoms. The van der Waals surface area contributed by atoms with Crippen molar-refractivity contribution in [3.8, 4) is 0 Å². The van der Waals surface area contributed by atoms with E-state index >= 15 is 0 Å². The highest BCUT2D eigenvalue weighted by molar-refractivity contribution is 7.99. The number of nitrogens with zero attached hydrogens (tertiary/aromatic N) is 1. The maximum Gasteiger partial charge on any atom is 0.326 e. The number of hydrogen-bond acceptors (Lipinski definition) is 3. The molecule has 0 atom stereocenters. The fourth-order valence-corrected chi connectivity index (χ4v) is 3.11. The van der Waals surface area contributed by atoms with Crippen LogP contribution < -0.4 is 0 Å². The lowest BCUT2D eigenvalue weighted by molar-refractivity contribution is -0.128. The zero-order chi connectivity index (χ0) is 14.6. The zero-order valence-corrected chi connectivity index (χ0v) is 13.7. The number of amides is 1. The molecule has 0 aliphatic carbocycles. The molecule has 0 N–H and O–H groups in total. The van der Waals surface area contributed by atoms with Crippen molar-refractivity contribution >= 4 is 34.7 Å². The van der Waals surface area contributed by atoms with Gasteiger partial charge in [0.1, 0.15) is 0 Å². The van der Waals surface area contributed by atoms with Gasteiger partial charge in [0.15, 0.2) is 5.78 Å². The predicted molar refractivity (Wildman–Crippen MR) is 79.0 cm³/mol. The quantitative estimate of drug-likeness (QED) is 0.411. The first kappa shape index (κ1) is 17.8. The molecule has 0 saturated heterocycles. The van der Waals surface area contributed by atoms with Gasteiger partial charge in [0.05, 0.1) is 4.75 Å². The lowest BCUT2D eigenvalue weighted by Gasteiger charge is -2.33. The minimum absolute atomic E-state index is 0.111. The predicted octanol–water partition coefficient (Wildman–Crippen LogP) is 4.49. The second kappa shape index (κ2) is 6.80. The Hall–Kier alpha value is -0.220. The maximum atomic E-state index is 12.3. The van der Waals surface area contributed by atoms with Gasteiger partial charge in [-0.1, -0.05) is 34.1 Å². The number of carbonyl (C=O) groups is 2. The number of ketones is 1. The van der Waals surface area contributed by atoms with Crippen LogP contribution in [0.1, 0.15) is 54.4 Å². The van der Waals surface area contributed by atoms with Gasteiger partial charge in [0.25, 0.3) is 0 Å². The van der Waals surface area contributed by atoms with E-state index in [1.807, 2.05) is 41.5 Å². The topological polar surface area (TPSA) is 37.4 Å². The molecule has 0 fully saturated rings. The third-order valence-corrected chi connectivity index (χ3v) is 3.99. The summed E-state index contributed by atoms with van der Waals surface area (Å²) in [6.07, 6.45) is 1.86. The molecule has 5 heteroatoms. The molecule has 0 heterocycles. The normalized spacial score (nSPS) is 12.4. The van der Waals surface area contributed by atoms with Crippen molar-refractivity contribution in [3.63, 3.8) is 0 Å². The van der Waals surface area contributed by atoms with Gasteiger partial charge >= 0.3 is 5.37 Å². The van der Waals surface area contributed by atoms with Gasteiger partial charge in [0.2, 0.25) is 0 Å². The first-order valence-corrected chi connectivity index (χ1v) is 7.38. The van der Waals surface area contributed by atoms with E-state index in [2.05, 4.69) is 0 Å². The second-order valence-corrected chi connectivity index (χ2v) is 7.86. The number of halogens is 1. The van der Waals surface area contributed by atoms with Crippen LogP contribution in [0.25, 0.3) is 0 Å². The number of rotatable bonds is 6. The van der Waals surface area contributed by atoms with Gasteiger partial charge in [-0.25, -0.2) is 0 Å². The first-order valence-electron chi connectivity index (χ1n) is 6.23. The van der Waals surface area contributed by atoms with Crippen molar-refractivity contribution < 1.29 is 9.59 Å². The fourth-order valence-electron chi connectivity index (χ4n) is 1.69. The summed E-state index contributed by atoms with van der Waals surface area (Å²) in [4.78, 5) is 23.7. The minimum Gasteiger partial charge on any atom is -0.297 e. The molecule has 106 valence electrons. The highest BCUT2D eigenvalue weighted by atomic mass is 35.5. The summed E-state index contributed by atoms with van der Waals surface area (Å²) in [6.45, 7) is 12.0. The second-order valence-electron chi connectivity index (χ2n) is 5.89. The van der Waals surface area contributed by atoms with Gasteiger partial charge in [-0.3, -0.25) is 13.9 Å². The molecule has 0 radical (unpaired) electrons. The van der Waals surface area contributed by atoms with E-state index in [0.29, 0.717) is 6.54 Å². The van der Waals surface area contributed by atoms with Crippen molar-refractivity contribution in [2.75, 3.05) is 6.54 Å². The number of Topliss-reactive ketones (excluding diaryl/α,β-unsaturated/α-hetero) is 1. The SMILES string of the molecule is CCCCN(SC(C)(C)C(=O)C(C)(C)C)C(=O)Cl. The molecule has 0 aliphatic heterocycles. The van der Waals surface area contributed by atoms with E-state index in [4.69, 9.17) is 11.6 Å². The molecule has 18 heavy (non-hydrogen) atoms. The number of carbonyl (C=O) groups excluding carboxylic acids is 2. The number of hydrogen-bond donors (Lipinski definition) is 0. The summed E-state index contributed by atoms with van der Waals surface area (Å²) in [5.41, 5.74) is -0.428. The van der Waals surface area contributed by atoms with Crippen LogP contribution in [0.5, 0.6) is 0 Å². The molecule has 0 spiro atoms. The molecule has 0 rings (SSSR count). The van der Waals surface area contributed by atoms with Gasteiger partial charge in [-0.05, 0) is 43.8 Å². The van der Waals surface area contributed by atoms with Crippen LogP contribution in [0.2, 0.25) is 0 Å². The van der Waals surface area contributed by atoms with Gasteiger partial charge in [-0.2, -0.15) is 0 Å². The summed E-state index contributed by atoms with van der Waals surface area (Å²) >= 11 is 6.79. The molecule has 0 aromatic carbocycles. The zero-order valence-electron chi connectivity index (χ0n) is 12.2. The molecule has 3 nitrogen and oxygen atoms in total. The Morgan fingerprint density at radius 2 is 1.67 bits per heavy atom. The number of unbranched alkanes of at least 4 members (excludes halogenated alkanes) is 1. The van der Waals surface area contributed by atoms with E-state index in [9.17, 15) is 9.59 Å². The van der Waals surface area contributed by atoms with E-state index in [1.54, 1.807) is 0 Å². The van der Waals surface area contributed by atoms with Crippen molar-refractivity contribution in [2.45, 2.75) is 59.1 Å².